The van der Waals surface area contributed by atoms with Crippen molar-refractivity contribution in [3.8, 4) is 0 Å². The highest BCUT2D eigenvalue weighted by atomic mass is 16.6. The Labute approximate surface area is 392 Å². The van der Waals surface area contributed by atoms with Crippen LogP contribution in [0.2, 0.25) is 0 Å². The maximum absolute atomic E-state index is 12.8. The Morgan fingerprint density at radius 2 is 0.571 bits per heavy atom. The lowest BCUT2D eigenvalue weighted by Gasteiger charge is -2.18. The van der Waals surface area contributed by atoms with Crippen LogP contribution in [0.4, 0.5) is 0 Å². The van der Waals surface area contributed by atoms with Gasteiger partial charge in [-0.05, 0) is 51.4 Å². The zero-order valence-corrected chi connectivity index (χ0v) is 42.4. The lowest BCUT2D eigenvalue weighted by molar-refractivity contribution is -0.167. The normalized spacial score (nSPS) is 12.1. The molecule has 0 aromatic heterocycles. The van der Waals surface area contributed by atoms with Crippen LogP contribution in [-0.2, 0) is 28.6 Å². The predicted octanol–water partition coefficient (Wildman–Crippen LogP) is 18.3. The summed E-state index contributed by atoms with van der Waals surface area (Å²) in [5.41, 5.74) is 0. The van der Waals surface area contributed by atoms with E-state index in [0.29, 0.717) is 19.3 Å². The lowest BCUT2D eigenvalue weighted by atomic mass is 10.0. The highest BCUT2D eigenvalue weighted by Gasteiger charge is 2.19. The first-order valence-corrected chi connectivity index (χ1v) is 27.8. The molecule has 0 fully saturated rings. The first kappa shape index (κ1) is 60.9. The molecule has 1 atom stereocenters. The van der Waals surface area contributed by atoms with Crippen molar-refractivity contribution in [2.75, 3.05) is 13.2 Å². The van der Waals surface area contributed by atoms with Crippen molar-refractivity contribution in [3.05, 3.63) is 24.3 Å². The third-order valence-electron chi connectivity index (χ3n) is 12.5. The van der Waals surface area contributed by atoms with E-state index in [0.717, 1.165) is 70.6 Å². The minimum atomic E-state index is -0.768. The average Bonchev–Trinajstić information content (AvgIpc) is 3.28. The maximum Gasteiger partial charge on any atom is 0.306 e. The van der Waals surface area contributed by atoms with Gasteiger partial charge in [0.2, 0.25) is 0 Å². The molecular formula is C57H106O6. The van der Waals surface area contributed by atoms with Gasteiger partial charge in [-0.1, -0.05) is 257 Å². The van der Waals surface area contributed by atoms with Crippen molar-refractivity contribution in [2.45, 2.75) is 309 Å². The average molecular weight is 887 g/mol. The molecule has 0 rings (SSSR count). The highest BCUT2D eigenvalue weighted by Crippen LogP contribution is 2.17. The number of ether oxygens (including phenoxy) is 3. The third-order valence-corrected chi connectivity index (χ3v) is 12.5. The smallest absolute Gasteiger partial charge is 0.306 e. The molecule has 0 spiro atoms. The van der Waals surface area contributed by atoms with E-state index in [1.54, 1.807) is 0 Å². The molecule has 0 radical (unpaired) electrons. The van der Waals surface area contributed by atoms with E-state index in [4.69, 9.17) is 14.2 Å². The van der Waals surface area contributed by atoms with Crippen LogP contribution in [0.1, 0.15) is 303 Å². The Hall–Kier alpha value is -2.11. The maximum atomic E-state index is 12.8. The minimum absolute atomic E-state index is 0.0700. The molecule has 0 amide bonds. The lowest BCUT2D eigenvalue weighted by Crippen LogP contribution is -2.30. The summed E-state index contributed by atoms with van der Waals surface area (Å²) < 4.78 is 16.8. The summed E-state index contributed by atoms with van der Waals surface area (Å²) in [5, 5.41) is 0. The summed E-state index contributed by atoms with van der Waals surface area (Å²) in [6.07, 6.45) is 60.4. The van der Waals surface area contributed by atoms with Crippen molar-refractivity contribution in [2.24, 2.45) is 0 Å². The Kier molecular flexibility index (Phi) is 50.8. The number of carbonyl (C=O) groups excluding carboxylic acids is 3. The fourth-order valence-corrected chi connectivity index (χ4v) is 8.24. The number of esters is 3. The first-order valence-electron chi connectivity index (χ1n) is 27.8. The molecule has 0 N–H and O–H groups in total. The zero-order chi connectivity index (χ0) is 45.8. The van der Waals surface area contributed by atoms with Gasteiger partial charge in [0.1, 0.15) is 13.2 Å². The summed E-state index contributed by atoms with van der Waals surface area (Å²) in [5.74, 6) is -0.868. The summed E-state index contributed by atoms with van der Waals surface area (Å²) in [6.45, 7) is 6.61. The monoisotopic (exact) mass is 887 g/mol. The summed E-state index contributed by atoms with van der Waals surface area (Å²) in [7, 11) is 0. The van der Waals surface area contributed by atoms with Crippen LogP contribution >= 0.6 is 0 Å². The van der Waals surface area contributed by atoms with Crippen LogP contribution in [-0.4, -0.2) is 37.2 Å². The van der Waals surface area contributed by atoms with E-state index in [9.17, 15) is 14.4 Å². The number of hydrogen-bond acceptors (Lipinski definition) is 6. The Morgan fingerprint density at radius 3 is 0.905 bits per heavy atom. The second-order valence-electron chi connectivity index (χ2n) is 18.9. The molecule has 0 saturated carbocycles. The zero-order valence-electron chi connectivity index (χ0n) is 42.4. The minimum Gasteiger partial charge on any atom is -0.462 e. The molecule has 370 valence electrons. The molecular weight excluding hydrogens is 781 g/mol. The summed E-state index contributed by atoms with van der Waals surface area (Å²) in [4.78, 5) is 37.9. The number of hydrogen-bond donors (Lipinski definition) is 0. The molecule has 6 heteroatoms. The number of unbranched alkanes of at least 4 members (excludes halogenated alkanes) is 36. The molecule has 0 bridgehead atoms. The van der Waals surface area contributed by atoms with Crippen LogP contribution in [0.15, 0.2) is 24.3 Å². The van der Waals surface area contributed by atoms with Crippen molar-refractivity contribution >= 4 is 17.9 Å². The van der Waals surface area contributed by atoms with E-state index in [-0.39, 0.29) is 31.1 Å². The van der Waals surface area contributed by atoms with Crippen LogP contribution in [0, 0.1) is 0 Å². The first-order chi connectivity index (χ1) is 31.0. The Bertz CT molecular complexity index is 1020. The molecule has 0 aliphatic heterocycles. The molecule has 6 nitrogen and oxygen atoms in total. The molecule has 0 aliphatic rings. The van der Waals surface area contributed by atoms with Gasteiger partial charge in [0.05, 0.1) is 0 Å². The van der Waals surface area contributed by atoms with Crippen LogP contribution < -0.4 is 0 Å². The van der Waals surface area contributed by atoms with Gasteiger partial charge in [-0.3, -0.25) is 14.4 Å². The van der Waals surface area contributed by atoms with Gasteiger partial charge < -0.3 is 14.2 Å². The predicted molar refractivity (Wildman–Crippen MR) is 270 cm³/mol. The van der Waals surface area contributed by atoms with Gasteiger partial charge in [-0.25, -0.2) is 0 Å². The molecule has 0 aromatic carbocycles. The number of carbonyl (C=O) groups is 3. The second kappa shape index (κ2) is 52.5. The van der Waals surface area contributed by atoms with E-state index < -0.39 is 6.10 Å². The van der Waals surface area contributed by atoms with Gasteiger partial charge in [0.15, 0.2) is 6.10 Å². The largest absolute Gasteiger partial charge is 0.462 e. The molecule has 0 aliphatic carbocycles. The topological polar surface area (TPSA) is 78.9 Å². The van der Waals surface area contributed by atoms with Crippen molar-refractivity contribution < 1.29 is 28.6 Å². The molecule has 0 aromatic rings. The molecule has 63 heavy (non-hydrogen) atoms. The van der Waals surface area contributed by atoms with Crippen LogP contribution in [0.3, 0.4) is 0 Å². The van der Waals surface area contributed by atoms with Gasteiger partial charge in [0, 0.05) is 19.3 Å². The Morgan fingerprint density at radius 1 is 0.317 bits per heavy atom. The fourth-order valence-electron chi connectivity index (χ4n) is 8.24. The Balaban J connectivity index is 4.16. The van der Waals surface area contributed by atoms with Gasteiger partial charge in [0.25, 0.3) is 0 Å². The quantitative estimate of drug-likeness (QED) is 0.0262. The van der Waals surface area contributed by atoms with Gasteiger partial charge >= 0.3 is 17.9 Å². The molecule has 1 unspecified atom stereocenters. The van der Waals surface area contributed by atoms with Crippen LogP contribution in [0.25, 0.3) is 0 Å². The standard InChI is InChI=1S/C57H106O6/c1-4-7-10-13-16-18-20-22-24-26-27-28-29-31-32-34-36-38-41-44-47-50-56(59)62-53-54(52-61-55(58)49-46-43-40-15-12-9-6-3)63-57(60)51-48-45-42-39-37-35-33-30-25-23-21-19-17-14-11-8-5-2/h17,19,23,25,54H,4-16,18,20-22,24,26-53H2,1-3H3/b19-17-,25-23-. The van der Waals surface area contributed by atoms with Crippen molar-refractivity contribution in [1.82, 2.24) is 0 Å². The van der Waals surface area contributed by atoms with Crippen molar-refractivity contribution in [1.29, 1.82) is 0 Å². The van der Waals surface area contributed by atoms with E-state index >= 15 is 0 Å². The van der Waals surface area contributed by atoms with Gasteiger partial charge in [-0.15, -0.1) is 0 Å². The van der Waals surface area contributed by atoms with E-state index in [2.05, 4.69) is 45.1 Å². The molecule has 0 heterocycles. The number of allylic oxidation sites excluding steroid dienone is 4. The highest BCUT2D eigenvalue weighted by molar-refractivity contribution is 5.71. The SMILES string of the molecule is CCCCC/C=C\C/C=C\CCCCCCCCCC(=O)OC(COC(=O)CCCCCCCCC)COC(=O)CCCCCCCCCCCCCCCCCCCCCCC. The van der Waals surface area contributed by atoms with Gasteiger partial charge in [-0.2, -0.15) is 0 Å². The molecule has 0 saturated heterocycles. The summed E-state index contributed by atoms with van der Waals surface area (Å²) in [6, 6.07) is 0. The van der Waals surface area contributed by atoms with Crippen molar-refractivity contribution in [3.63, 3.8) is 0 Å². The fraction of sp³-hybridized carbons (Fsp3) is 0.877. The second-order valence-corrected chi connectivity index (χ2v) is 18.9. The summed E-state index contributed by atoms with van der Waals surface area (Å²) >= 11 is 0. The van der Waals surface area contributed by atoms with Crippen LogP contribution in [0.5, 0.6) is 0 Å². The number of rotatable bonds is 51. The van der Waals surface area contributed by atoms with E-state index in [1.807, 2.05) is 0 Å². The van der Waals surface area contributed by atoms with E-state index in [1.165, 1.54) is 193 Å². The third kappa shape index (κ3) is 50.7.